The maximum Gasteiger partial charge on any atom is 0.126 e. The normalized spacial score (nSPS) is 12.2. The van der Waals surface area contributed by atoms with Crippen LogP contribution in [0, 0.1) is 0 Å². The van der Waals surface area contributed by atoms with Crippen LogP contribution in [-0.2, 0) is 0 Å². The molecule has 1 atom stereocenters. The lowest BCUT2D eigenvalue weighted by atomic mass is 10.1. The second kappa shape index (κ2) is 6.06. The highest BCUT2D eigenvalue weighted by Crippen LogP contribution is 2.28. The van der Waals surface area contributed by atoms with Gasteiger partial charge in [0.15, 0.2) is 0 Å². The molecular formula is C13H17BrO2. The van der Waals surface area contributed by atoms with Gasteiger partial charge in [-0.25, -0.2) is 0 Å². The minimum absolute atomic E-state index is 0.520. The summed E-state index contributed by atoms with van der Waals surface area (Å²) >= 11 is 3.39. The number of hydrogen-bond donors (Lipinski definition) is 1. The maximum absolute atomic E-state index is 9.59. The molecule has 16 heavy (non-hydrogen) atoms. The highest BCUT2D eigenvalue weighted by molar-refractivity contribution is 9.10. The molecule has 0 aliphatic heterocycles. The van der Waals surface area contributed by atoms with E-state index in [1.54, 1.807) is 6.92 Å². The molecule has 0 heterocycles. The molecule has 1 rings (SSSR count). The zero-order valence-electron chi connectivity index (χ0n) is 9.66. The average molecular weight is 285 g/mol. The number of hydrogen-bond acceptors (Lipinski definition) is 2. The number of ether oxygens (including phenoxy) is 1. The molecule has 0 amide bonds. The monoisotopic (exact) mass is 284 g/mol. The van der Waals surface area contributed by atoms with E-state index in [0.717, 1.165) is 27.8 Å². The Hall–Kier alpha value is -0.800. The van der Waals surface area contributed by atoms with Crippen molar-refractivity contribution in [3.8, 4) is 5.75 Å². The summed E-state index contributed by atoms with van der Waals surface area (Å²) in [6.45, 7) is 8.11. The molecule has 0 aromatic heterocycles. The second-order valence-corrected chi connectivity index (χ2v) is 4.83. The molecule has 0 fully saturated rings. The molecule has 1 aromatic rings. The summed E-state index contributed by atoms with van der Waals surface area (Å²) in [6, 6.07) is 5.64. The SMILES string of the molecule is C=C(C)CCOc1cc(Br)ccc1[C@@H](C)O. The third-order valence-electron chi connectivity index (χ3n) is 2.21. The highest BCUT2D eigenvalue weighted by Gasteiger charge is 2.09. The number of rotatable bonds is 5. The minimum Gasteiger partial charge on any atom is -0.493 e. The van der Waals surface area contributed by atoms with Crippen molar-refractivity contribution in [2.45, 2.75) is 26.4 Å². The van der Waals surface area contributed by atoms with Gasteiger partial charge in [-0.1, -0.05) is 27.6 Å². The van der Waals surface area contributed by atoms with E-state index in [9.17, 15) is 5.11 Å². The summed E-state index contributed by atoms with van der Waals surface area (Å²) in [7, 11) is 0. The van der Waals surface area contributed by atoms with Crippen molar-refractivity contribution < 1.29 is 9.84 Å². The van der Waals surface area contributed by atoms with Gasteiger partial charge in [-0.15, -0.1) is 6.58 Å². The van der Waals surface area contributed by atoms with Gasteiger partial charge in [0, 0.05) is 16.5 Å². The molecule has 0 radical (unpaired) electrons. The Morgan fingerprint density at radius 2 is 2.25 bits per heavy atom. The fraction of sp³-hybridized carbons (Fsp3) is 0.385. The molecule has 0 saturated carbocycles. The molecule has 0 saturated heterocycles. The van der Waals surface area contributed by atoms with Crippen LogP contribution in [0.15, 0.2) is 34.8 Å². The van der Waals surface area contributed by atoms with Gasteiger partial charge in [0.25, 0.3) is 0 Å². The minimum atomic E-state index is -0.520. The van der Waals surface area contributed by atoms with Crippen LogP contribution >= 0.6 is 15.9 Å². The second-order valence-electron chi connectivity index (χ2n) is 3.91. The summed E-state index contributed by atoms with van der Waals surface area (Å²) < 4.78 is 6.59. The zero-order valence-corrected chi connectivity index (χ0v) is 11.3. The summed E-state index contributed by atoms with van der Waals surface area (Å²) in [5.74, 6) is 0.727. The number of aliphatic hydroxyl groups is 1. The van der Waals surface area contributed by atoms with E-state index in [-0.39, 0.29) is 0 Å². The number of halogens is 1. The van der Waals surface area contributed by atoms with Gasteiger partial charge < -0.3 is 9.84 Å². The van der Waals surface area contributed by atoms with Crippen molar-refractivity contribution >= 4 is 15.9 Å². The molecule has 1 N–H and O–H groups in total. The summed E-state index contributed by atoms with van der Waals surface area (Å²) in [6.07, 6.45) is 0.305. The Morgan fingerprint density at radius 1 is 1.56 bits per heavy atom. The van der Waals surface area contributed by atoms with Crippen LogP contribution in [0.5, 0.6) is 5.75 Å². The summed E-state index contributed by atoms with van der Waals surface area (Å²) in [5.41, 5.74) is 1.90. The first-order chi connectivity index (χ1) is 7.50. The van der Waals surface area contributed by atoms with Crippen LogP contribution in [0.4, 0.5) is 0 Å². The first-order valence-corrected chi connectivity index (χ1v) is 6.04. The molecular weight excluding hydrogens is 268 g/mol. The average Bonchev–Trinajstić information content (AvgIpc) is 2.16. The smallest absolute Gasteiger partial charge is 0.126 e. The lowest BCUT2D eigenvalue weighted by Crippen LogP contribution is -2.02. The third kappa shape index (κ3) is 3.99. The highest BCUT2D eigenvalue weighted by atomic mass is 79.9. The molecule has 0 spiro atoms. The van der Waals surface area contributed by atoms with Gasteiger partial charge in [-0.3, -0.25) is 0 Å². The summed E-state index contributed by atoms with van der Waals surface area (Å²) in [4.78, 5) is 0. The standard InChI is InChI=1S/C13H17BrO2/c1-9(2)6-7-16-13-8-11(14)4-5-12(13)10(3)15/h4-5,8,10,15H,1,6-7H2,2-3H3/t10-/m1/s1. The van der Waals surface area contributed by atoms with E-state index in [4.69, 9.17) is 4.74 Å². The predicted molar refractivity (Wildman–Crippen MR) is 69.7 cm³/mol. The van der Waals surface area contributed by atoms with E-state index in [2.05, 4.69) is 22.5 Å². The Bertz CT molecular complexity index is 372. The van der Waals surface area contributed by atoms with Crippen molar-refractivity contribution in [1.82, 2.24) is 0 Å². The Kier molecular flexibility index (Phi) is 5.03. The molecule has 88 valence electrons. The Morgan fingerprint density at radius 3 is 2.81 bits per heavy atom. The van der Waals surface area contributed by atoms with Crippen LogP contribution < -0.4 is 4.74 Å². The molecule has 0 bridgehead atoms. The van der Waals surface area contributed by atoms with Crippen molar-refractivity contribution in [1.29, 1.82) is 0 Å². The Balaban J connectivity index is 2.76. The van der Waals surface area contributed by atoms with E-state index >= 15 is 0 Å². The van der Waals surface area contributed by atoms with Gasteiger partial charge in [0.05, 0.1) is 12.7 Å². The van der Waals surface area contributed by atoms with Gasteiger partial charge in [0.2, 0.25) is 0 Å². The maximum atomic E-state index is 9.59. The van der Waals surface area contributed by atoms with Crippen LogP contribution in [0.3, 0.4) is 0 Å². The van der Waals surface area contributed by atoms with E-state index in [1.165, 1.54) is 0 Å². The van der Waals surface area contributed by atoms with Crippen LogP contribution in [0.1, 0.15) is 31.9 Å². The molecule has 1 aromatic carbocycles. The lowest BCUT2D eigenvalue weighted by Gasteiger charge is -2.13. The number of aliphatic hydroxyl groups excluding tert-OH is 1. The van der Waals surface area contributed by atoms with Gasteiger partial charge >= 0.3 is 0 Å². The van der Waals surface area contributed by atoms with Crippen molar-refractivity contribution in [2.24, 2.45) is 0 Å². The van der Waals surface area contributed by atoms with Crippen LogP contribution in [0.25, 0.3) is 0 Å². The summed E-state index contributed by atoms with van der Waals surface area (Å²) in [5, 5.41) is 9.59. The molecule has 0 unspecified atom stereocenters. The number of benzene rings is 1. The van der Waals surface area contributed by atoms with Gasteiger partial charge in [-0.05, 0) is 26.0 Å². The lowest BCUT2D eigenvalue weighted by molar-refractivity contribution is 0.191. The fourth-order valence-electron chi connectivity index (χ4n) is 1.31. The predicted octanol–water partition coefficient (Wildman–Crippen LogP) is 3.85. The van der Waals surface area contributed by atoms with Crippen LogP contribution in [-0.4, -0.2) is 11.7 Å². The topological polar surface area (TPSA) is 29.5 Å². The van der Waals surface area contributed by atoms with E-state index in [1.807, 2.05) is 25.1 Å². The molecule has 2 nitrogen and oxygen atoms in total. The van der Waals surface area contributed by atoms with Gasteiger partial charge in [-0.2, -0.15) is 0 Å². The van der Waals surface area contributed by atoms with Crippen molar-refractivity contribution in [3.63, 3.8) is 0 Å². The zero-order chi connectivity index (χ0) is 12.1. The van der Waals surface area contributed by atoms with Gasteiger partial charge in [0.1, 0.15) is 5.75 Å². The fourth-order valence-corrected chi connectivity index (χ4v) is 1.65. The molecule has 3 heteroatoms. The first kappa shape index (κ1) is 13.3. The van der Waals surface area contributed by atoms with Crippen molar-refractivity contribution in [2.75, 3.05) is 6.61 Å². The quantitative estimate of drug-likeness (QED) is 0.833. The van der Waals surface area contributed by atoms with E-state index < -0.39 is 6.10 Å². The van der Waals surface area contributed by atoms with E-state index in [0.29, 0.717) is 6.61 Å². The van der Waals surface area contributed by atoms with Crippen molar-refractivity contribution in [3.05, 3.63) is 40.4 Å². The first-order valence-electron chi connectivity index (χ1n) is 5.25. The molecule has 0 aliphatic rings. The largest absolute Gasteiger partial charge is 0.493 e. The molecule has 0 aliphatic carbocycles. The Labute approximate surface area is 105 Å². The van der Waals surface area contributed by atoms with Crippen LogP contribution in [0.2, 0.25) is 0 Å². The third-order valence-corrected chi connectivity index (χ3v) is 2.71.